The fourth-order valence-electron chi connectivity index (χ4n) is 4.20. The third-order valence-corrected chi connectivity index (χ3v) is 5.71. The minimum Gasteiger partial charge on any atom is -0.488 e. The molecule has 1 aromatic heterocycles. The third-order valence-electron chi connectivity index (χ3n) is 5.71. The number of hydrogen-bond donors (Lipinski definition) is 1. The lowest BCUT2D eigenvalue weighted by molar-refractivity contribution is -0.128. The van der Waals surface area contributed by atoms with Crippen LogP contribution in [0.4, 0.5) is 0 Å². The highest BCUT2D eigenvalue weighted by Crippen LogP contribution is 2.30. The van der Waals surface area contributed by atoms with Crippen molar-refractivity contribution >= 4 is 24.4 Å². The van der Waals surface area contributed by atoms with Crippen molar-refractivity contribution in [3.8, 4) is 5.75 Å². The molecule has 0 spiro atoms. The Labute approximate surface area is 170 Å². The topological polar surface area (TPSA) is 72.3 Å². The summed E-state index contributed by atoms with van der Waals surface area (Å²) in [6.45, 7) is 4.54. The van der Waals surface area contributed by atoms with Crippen LogP contribution in [0.15, 0.2) is 29.8 Å². The summed E-state index contributed by atoms with van der Waals surface area (Å²) in [6.07, 6.45) is 3.83. The predicted molar refractivity (Wildman–Crippen MR) is 107 cm³/mol. The number of para-hydroxylation sites is 1. The number of nitrogens with zero attached hydrogens (tertiary/aromatic N) is 4. The maximum Gasteiger partial charge on any atom is 0.253 e. The Kier molecular flexibility index (Phi) is 5.37. The first-order chi connectivity index (χ1) is 13.3. The minimum atomic E-state index is 0. The van der Waals surface area contributed by atoms with Crippen molar-refractivity contribution in [3.05, 3.63) is 47.1 Å². The highest BCUT2D eigenvalue weighted by atomic mass is 35.5. The quantitative estimate of drug-likeness (QED) is 0.833. The summed E-state index contributed by atoms with van der Waals surface area (Å²) >= 11 is 0. The lowest BCUT2D eigenvalue weighted by atomic mass is 9.95. The molecule has 1 fully saturated rings. The molecule has 8 heteroatoms. The molecular formula is C20H24ClN5O2. The minimum absolute atomic E-state index is 0. The average molecular weight is 402 g/mol. The number of rotatable bonds is 2. The van der Waals surface area contributed by atoms with Crippen LogP contribution >= 0.6 is 12.4 Å². The fraction of sp³-hybridized carbons (Fsp3) is 0.450. The van der Waals surface area contributed by atoms with Gasteiger partial charge in [-0.05, 0) is 25.0 Å². The van der Waals surface area contributed by atoms with E-state index in [1.807, 2.05) is 35.2 Å². The van der Waals surface area contributed by atoms with E-state index in [-0.39, 0.29) is 18.3 Å². The van der Waals surface area contributed by atoms with Crippen molar-refractivity contribution in [2.24, 2.45) is 0 Å². The van der Waals surface area contributed by atoms with Gasteiger partial charge in [-0.25, -0.2) is 0 Å². The molecule has 1 N–H and O–H groups in total. The molecule has 0 saturated carbocycles. The molecule has 1 saturated heterocycles. The molecule has 1 aromatic carbocycles. The second-order valence-corrected chi connectivity index (χ2v) is 7.37. The summed E-state index contributed by atoms with van der Waals surface area (Å²) in [5.41, 5.74) is 1.71. The van der Waals surface area contributed by atoms with E-state index in [1.54, 1.807) is 0 Å². The van der Waals surface area contributed by atoms with Gasteiger partial charge in [0.25, 0.3) is 5.91 Å². The van der Waals surface area contributed by atoms with Gasteiger partial charge in [0, 0.05) is 37.7 Å². The first kappa shape index (κ1) is 19.0. The summed E-state index contributed by atoms with van der Waals surface area (Å²) in [5.74, 6) is 3.44. The zero-order valence-electron chi connectivity index (χ0n) is 15.6. The van der Waals surface area contributed by atoms with Crippen LogP contribution in [-0.4, -0.2) is 51.8 Å². The van der Waals surface area contributed by atoms with Crippen molar-refractivity contribution < 1.29 is 9.53 Å². The number of amides is 1. The van der Waals surface area contributed by atoms with Crippen LogP contribution in [0.3, 0.4) is 0 Å². The summed E-state index contributed by atoms with van der Waals surface area (Å²) in [4.78, 5) is 14.9. The van der Waals surface area contributed by atoms with E-state index in [2.05, 4.69) is 20.1 Å². The van der Waals surface area contributed by atoms with E-state index >= 15 is 0 Å². The smallest absolute Gasteiger partial charge is 0.253 e. The van der Waals surface area contributed by atoms with Crippen LogP contribution in [-0.2, 0) is 17.9 Å². The van der Waals surface area contributed by atoms with Crippen LogP contribution in [0, 0.1) is 0 Å². The summed E-state index contributed by atoms with van der Waals surface area (Å²) in [7, 11) is 0. The van der Waals surface area contributed by atoms with Gasteiger partial charge in [0.1, 0.15) is 24.0 Å². The molecule has 0 atom stereocenters. The molecule has 5 rings (SSSR count). The number of benzene rings is 1. The van der Waals surface area contributed by atoms with Crippen LogP contribution in [0.25, 0.3) is 6.08 Å². The van der Waals surface area contributed by atoms with E-state index in [0.717, 1.165) is 74.1 Å². The summed E-state index contributed by atoms with van der Waals surface area (Å²) in [6, 6.07) is 7.83. The zero-order chi connectivity index (χ0) is 18.2. The van der Waals surface area contributed by atoms with E-state index in [0.29, 0.717) is 12.5 Å². The van der Waals surface area contributed by atoms with Crippen molar-refractivity contribution in [1.82, 2.24) is 25.0 Å². The first-order valence-corrected chi connectivity index (χ1v) is 9.64. The van der Waals surface area contributed by atoms with Crippen LogP contribution in [0.1, 0.15) is 36.0 Å². The monoisotopic (exact) mass is 401 g/mol. The highest BCUT2D eigenvalue weighted by Gasteiger charge is 2.30. The number of piperidine rings is 1. The van der Waals surface area contributed by atoms with Crippen molar-refractivity contribution in [3.63, 3.8) is 0 Å². The Morgan fingerprint density at radius 2 is 1.96 bits per heavy atom. The van der Waals surface area contributed by atoms with E-state index in [9.17, 15) is 4.79 Å². The zero-order valence-corrected chi connectivity index (χ0v) is 16.5. The van der Waals surface area contributed by atoms with E-state index in [1.165, 1.54) is 0 Å². The summed E-state index contributed by atoms with van der Waals surface area (Å²) < 4.78 is 8.00. The molecule has 0 bridgehead atoms. The molecule has 3 aliphatic heterocycles. The Balaban J connectivity index is 0.00000192. The number of likely N-dealkylation sites (tertiary alicyclic amines) is 1. The average Bonchev–Trinajstić information content (AvgIpc) is 3.17. The number of carbonyl (C=O) groups is 1. The number of carbonyl (C=O) groups excluding carboxylic acids is 1. The molecule has 7 nitrogen and oxygen atoms in total. The van der Waals surface area contributed by atoms with Crippen LogP contribution in [0.2, 0.25) is 0 Å². The Morgan fingerprint density at radius 3 is 2.82 bits per heavy atom. The molecule has 2 aromatic rings. The van der Waals surface area contributed by atoms with Gasteiger partial charge >= 0.3 is 0 Å². The number of ether oxygens (including phenoxy) is 1. The molecule has 3 aliphatic rings. The van der Waals surface area contributed by atoms with E-state index < -0.39 is 0 Å². The van der Waals surface area contributed by atoms with Crippen molar-refractivity contribution in [2.45, 2.75) is 31.8 Å². The maximum absolute atomic E-state index is 12.9. The van der Waals surface area contributed by atoms with Crippen molar-refractivity contribution in [1.29, 1.82) is 0 Å². The predicted octanol–water partition coefficient (Wildman–Crippen LogP) is 1.99. The maximum atomic E-state index is 12.9. The van der Waals surface area contributed by atoms with Gasteiger partial charge in [0.15, 0.2) is 0 Å². The molecular weight excluding hydrogens is 378 g/mol. The fourth-order valence-corrected chi connectivity index (χ4v) is 4.20. The molecule has 0 aliphatic carbocycles. The van der Waals surface area contributed by atoms with Gasteiger partial charge in [-0.15, -0.1) is 22.6 Å². The van der Waals surface area contributed by atoms with Gasteiger partial charge in [0.05, 0.1) is 12.1 Å². The van der Waals surface area contributed by atoms with Crippen LogP contribution in [0.5, 0.6) is 5.75 Å². The number of aromatic nitrogens is 3. The lowest BCUT2D eigenvalue weighted by Crippen LogP contribution is -2.40. The van der Waals surface area contributed by atoms with E-state index in [4.69, 9.17) is 4.74 Å². The normalized spacial score (nSPS) is 19.0. The summed E-state index contributed by atoms with van der Waals surface area (Å²) in [5, 5.41) is 12.1. The number of hydrogen-bond acceptors (Lipinski definition) is 5. The van der Waals surface area contributed by atoms with Gasteiger partial charge in [-0.3, -0.25) is 4.79 Å². The molecule has 0 radical (unpaired) electrons. The Morgan fingerprint density at radius 1 is 1.14 bits per heavy atom. The second kappa shape index (κ2) is 7.93. The Hall–Kier alpha value is -2.38. The molecule has 1 amide bonds. The van der Waals surface area contributed by atoms with Crippen LogP contribution < -0.4 is 10.1 Å². The molecule has 4 heterocycles. The standard InChI is InChI=1S/C20H23N5O2.ClH/c26-20(16-11-15-3-1-2-4-17(15)27-13-16)24-8-5-14(6-9-24)19-23-22-18-12-21-7-10-25(18)19;/h1-4,11,14,21H,5-10,12-13H2;1H. The van der Waals surface area contributed by atoms with Gasteiger partial charge in [-0.2, -0.15) is 0 Å². The second-order valence-electron chi connectivity index (χ2n) is 7.37. The SMILES string of the molecule is Cl.O=C(C1=Cc2ccccc2OC1)N1CCC(c2nnc3n2CCNC3)CC1. The van der Waals surface area contributed by atoms with Gasteiger partial charge in [0.2, 0.25) is 0 Å². The first-order valence-electron chi connectivity index (χ1n) is 9.64. The number of fused-ring (bicyclic) bond motifs is 2. The van der Waals surface area contributed by atoms with Gasteiger partial charge in [-0.1, -0.05) is 18.2 Å². The molecule has 28 heavy (non-hydrogen) atoms. The molecule has 148 valence electrons. The number of nitrogens with one attached hydrogen (secondary N) is 1. The third kappa shape index (κ3) is 3.40. The molecule has 0 unspecified atom stereocenters. The Bertz CT molecular complexity index is 902. The van der Waals surface area contributed by atoms with Crippen molar-refractivity contribution in [2.75, 3.05) is 26.2 Å². The van der Waals surface area contributed by atoms with Gasteiger partial charge < -0.3 is 19.5 Å². The lowest BCUT2D eigenvalue weighted by Gasteiger charge is -2.33. The highest BCUT2D eigenvalue weighted by molar-refractivity contribution is 5.99. The number of halogens is 1. The largest absolute Gasteiger partial charge is 0.488 e.